The third kappa shape index (κ3) is 4.94. The maximum Gasteiger partial charge on any atom is 0.416 e. The van der Waals surface area contributed by atoms with Crippen molar-refractivity contribution in [3.05, 3.63) is 52.8 Å². The average Bonchev–Trinajstić information content (AvgIpc) is 2.43. The van der Waals surface area contributed by atoms with Gasteiger partial charge in [-0.3, -0.25) is 15.6 Å². The highest BCUT2D eigenvalue weighted by Gasteiger charge is 2.30. The topological polar surface area (TPSA) is 66.9 Å². The van der Waals surface area contributed by atoms with Gasteiger partial charge >= 0.3 is 6.18 Å². The van der Waals surface area contributed by atoms with Crippen LogP contribution in [0.1, 0.15) is 22.5 Å². The van der Waals surface area contributed by atoms with Gasteiger partial charge in [0, 0.05) is 11.4 Å². The molecule has 0 radical (unpaired) electrons. The number of carbonyl (C=O) groups excluding carboxylic acids is 1. The predicted octanol–water partition coefficient (Wildman–Crippen LogP) is 2.80. The summed E-state index contributed by atoms with van der Waals surface area (Å²) in [7, 11) is 0. The second kappa shape index (κ2) is 6.64. The molecule has 1 aromatic carbocycles. The Bertz CT molecular complexity index is 696. The highest BCUT2D eigenvalue weighted by Crippen LogP contribution is 2.29. The quantitative estimate of drug-likeness (QED) is 0.849. The molecule has 2 rings (SSSR count). The second-order valence-electron chi connectivity index (χ2n) is 5.02. The lowest BCUT2D eigenvalue weighted by Gasteiger charge is -2.10. The fourth-order valence-electron chi connectivity index (χ4n) is 1.99. The molecule has 0 aliphatic heterocycles. The molecule has 0 aliphatic rings. The lowest BCUT2D eigenvalue weighted by atomic mass is 10.1. The number of benzene rings is 1. The normalized spacial score (nSPS) is 11.2. The lowest BCUT2D eigenvalue weighted by Crippen LogP contribution is -2.31. The van der Waals surface area contributed by atoms with Crippen molar-refractivity contribution in [1.82, 2.24) is 15.4 Å². The van der Waals surface area contributed by atoms with Gasteiger partial charge in [0.25, 0.3) is 0 Å². The number of rotatable bonds is 4. The van der Waals surface area contributed by atoms with Crippen molar-refractivity contribution in [2.24, 2.45) is 0 Å². The first kappa shape index (κ1) is 16.7. The van der Waals surface area contributed by atoms with Crippen LogP contribution in [0.4, 0.5) is 19.1 Å². The Morgan fingerprint density at radius 3 is 2.39 bits per heavy atom. The van der Waals surface area contributed by atoms with Gasteiger partial charge in [-0.25, -0.2) is 9.97 Å². The van der Waals surface area contributed by atoms with E-state index in [4.69, 9.17) is 0 Å². The van der Waals surface area contributed by atoms with E-state index in [0.717, 1.165) is 23.5 Å². The van der Waals surface area contributed by atoms with Crippen molar-refractivity contribution in [2.75, 3.05) is 5.43 Å². The summed E-state index contributed by atoms with van der Waals surface area (Å²) >= 11 is 0. The molecule has 23 heavy (non-hydrogen) atoms. The van der Waals surface area contributed by atoms with E-state index in [1.54, 1.807) is 19.9 Å². The first-order chi connectivity index (χ1) is 10.7. The first-order valence-electron chi connectivity index (χ1n) is 6.77. The number of anilines is 1. The highest BCUT2D eigenvalue weighted by molar-refractivity contribution is 5.79. The van der Waals surface area contributed by atoms with Crippen LogP contribution in [0.15, 0.2) is 30.3 Å². The molecule has 0 unspecified atom stereocenters. The summed E-state index contributed by atoms with van der Waals surface area (Å²) in [6.45, 7) is 3.56. The monoisotopic (exact) mass is 324 g/mol. The van der Waals surface area contributed by atoms with E-state index in [1.807, 2.05) is 0 Å². The van der Waals surface area contributed by atoms with Crippen molar-refractivity contribution >= 4 is 11.9 Å². The minimum atomic E-state index is -4.43. The third-order valence-corrected chi connectivity index (χ3v) is 2.91. The SMILES string of the molecule is Cc1cc(C)nc(NNC(=O)Cc2cccc(C(F)(F)F)c2)n1. The van der Waals surface area contributed by atoms with Gasteiger partial charge in [0.15, 0.2) is 0 Å². The van der Waals surface area contributed by atoms with E-state index >= 15 is 0 Å². The van der Waals surface area contributed by atoms with Crippen molar-refractivity contribution in [1.29, 1.82) is 0 Å². The molecule has 1 heterocycles. The zero-order valence-electron chi connectivity index (χ0n) is 12.5. The van der Waals surface area contributed by atoms with E-state index in [9.17, 15) is 18.0 Å². The summed E-state index contributed by atoms with van der Waals surface area (Å²) < 4.78 is 37.9. The number of carbonyl (C=O) groups is 1. The molecule has 0 spiro atoms. The van der Waals surface area contributed by atoms with Crippen LogP contribution in [0.5, 0.6) is 0 Å². The minimum absolute atomic E-state index is 0.193. The maximum absolute atomic E-state index is 12.6. The zero-order chi connectivity index (χ0) is 17.0. The van der Waals surface area contributed by atoms with Crippen molar-refractivity contribution in [3.8, 4) is 0 Å². The molecule has 122 valence electrons. The molecule has 8 heteroatoms. The number of aryl methyl sites for hydroxylation is 2. The van der Waals surface area contributed by atoms with Crippen molar-refractivity contribution in [3.63, 3.8) is 0 Å². The number of nitrogens with zero attached hydrogens (tertiary/aromatic N) is 2. The fraction of sp³-hybridized carbons (Fsp3) is 0.267. The Morgan fingerprint density at radius 1 is 1.13 bits per heavy atom. The number of amides is 1. The number of hydrazine groups is 1. The number of nitrogens with one attached hydrogen (secondary N) is 2. The van der Waals surface area contributed by atoms with E-state index in [2.05, 4.69) is 20.8 Å². The molecule has 5 nitrogen and oxygen atoms in total. The van der Waals surface area contributed by atoms with Gasteiger partial charge in [-0.2, -0.15) is 13.2 Å². The molecule has 2 aromatic rings. The Morgan fingerprint density at radius 2 is 1.78 bits per heavy atom. The van der Waals surface area contributed by atoms with E-state index < -0.39 is 17.6 Å². The standard InChI is InChI=1S/C15H15F3N4O/c1-9-6-10(2)20-14(19-9)22-21-13(23)8-11-4-3-5-12(7-11)15(16,17)18/h3-7H,8H2,1-2H3,(H,21,23)(H,19,20,22). The number of aromatic nitrogens is 2. The average molecular weight is 324 g/mol. The number of alkyl halides is 3. The summed E-state index contributed by atoms with van der Waals surface area (Å²) in [6.07, 6.45) is -4.63. The summed E-state index contributed by atoms with van der Waals surface area (Å²) in [5.74, 6) is -0.271. The van der Waals surface area contributed by atoms with Crippen LogP contribution >= 0.6 is 0 Å². The second-order valence-corrected chi connectivity index (χ2v) is 5.02. The van der Waals surface area contributed by atoms with Crippen LogP contribution in [0.2, 0.25) is 0 Å². The first-order valence-corrected chi connectivity index (χ1v) is 6.77. The molecule has 1 aromatic heterocycles. The highest BCUT2D eigenvalue weighted by atomic mass is 19.4. The van der Waals surface area contributed by atoms with Crippen LogP contribution in [0.3, 0.4) is 0 Å². The van der Waals surface area contributed by atoms with E-state index in [1.165, 1.54) is 12.1 Å². The molecule has 0 fully saturated rings. The number of halogens is 3. The van der Waals surface area contributed by atoms with Gasteiger partial charge in [0.2, 0.25) is 11.9 Å². The van der Waals surface area contributed by atoms with Crippen molar-refractivity contribution < 1.29 is 18.0 Å². The predicted molar refractivity (Wildman–Crippen MR) is 78.4 cm³/mol. The van der Waals surface area contributed by atoms with E-state index in [-0.39, 0.29) is 17.9 Å². The van der Waals surface area contributed by atoms with Gasteiger partial charge in [-0.05, 0) is 31.5 Å². The smallest absolute Gasteiger partial charge is 0.273 e. The summed E-state index contributed by atoms with van der Waals surface area (Å²) in [4.78, 5) is 20.0. The van der Waals surface area contributed by atoms with Gasteiger partial charge in [-0.15, -0.1) is 0 Å². The van der Waals surface area contributed by atoms with Crippen molar-refractivity contribution in [2.45, 2.75) is 26.4 Å². The Hall–Kier alpha value is -2.64. The van der Waals surface area contributed by atoms with Crippen LogP contribution in [-0.4, -0.2) is 15.9 Å². The Balaban J connectivity index is 1.97. The molecule has 0 bridgehead atoms. The lowest BCUT2D eigenvalue weighted by molar-refractivity contribution is -0.137. The molecular formula is C15H15F3N4O. The summed E-state index contributed by atoms with van der Waals surface area (Å²) in [5.41, 5.74) is 5.85. The molecule has 1 amide bonds. The number of hydrogen-bond donors (Lipinski definition) is 2. The molecular weight excluding hydrogens is 309 g/mol. The molecule has 0 aliphatic carbocycles. The largest absolute Gasteiger partial charge is 0.416 e. The molecule has 0 saturated carbocycles. The Labute approximate surface area is 130 Å². The van der Waals surface area contributed by atoms with E-state index in [0.29, 0.717) is 0 Å². The van der Waals surface area contributed by atoms with Gasteiger partial charge in [-0.1, -0.05) is 18.2 Å². The molecule has 0 atom stereocenters. The van der Waals surface area contributed by atoms with Crippen LogP contribution in [0, 0.1) is 13.8 Å². The van der Waals surface area contributed by atoms with Crippen LogP contribution in [0.25, 0.3) is 0 Å². The minimum Gasteiger partial charge on any atom is -0.273 e. The van der Waals surface area contributed by atoms with Gasteiger partial charge in [0.1, 0.15) is 0 Å². The van der Waals surface area contributed by atoms with Gasteiger partial charge < -0.3 is 0 Å². The van der Waals surface area contributed by atoms with Crippen LogP contribution in [-0.2, 0) is 17.4 Å². The number of hydrogen-bond acceptors (Lipinski definition) is 4. The van der Waals surface area contributed by atoms with Gasteiger partial charge in [0.05, 0.1) is 12.0 Å². The molecule has 2 N–H and O–H groups in total. The Kier molecular flexibility index (Phi) is 4.83. The maximum atomic E-state index is 12.6. The molecule has 0 saturated heterocycles. The third-order valence-electron chi connectivity index (χ3n) is 2.91. The van der Waals surface area contributed by atoms with Crippen LogP contribution < -0.4 is 10.9 Å². The fourth-order valence-corrected chi connectivity index (χ4v) is 1.99. The summed E-state index contributed by atoms with van der Waals surface area (Å²) in [5, 5.41) is 0. The summed E-state index contributed by atoms with van der Waals surface area (Å²) in [6, 6.07) is 6.42. The zero-order valence-corrected chi connectivity index (χ0v) is 12.5.